The zero-order valence-corrected chi connectivity index (χ0v) is 16.3. The van der Waals surface area contributed by atoms with Crippen molar-refractivity contribution in [3.05, 3.63) is 11.6 Å². The molecule has 1 fully saturated rings. The molecular weight excluding hydrogens is 360 g/mol. The van der Waals surface area contributed by atoms with Gasteiger partial charge in [-0.15, -0.1) is 0 Å². The van der Waals surface area contributed by atoms with E-state index in [1.165, 1.54) is 27.7 Å². The van der Waals surface area contributed by atoms with Gasteiger partial charge in [0.2, 0.25) is 0 Å². The molecule has 0 radical (unpaired) electrons. The lowest BCUT2D eigenvalue weighted by Crippen LogP contribution is -2.62. The molecule has 0 N–H and O–H groups in total. The first-order valence-electron chi connectivity index (χ1n) is 8.46. The number of hydrogen-bond donors (Lipinski definition) is 0. The largest absolute Gasteiger partial charge is 0.463 e. The Kier molecular flexibility index (Phi) is 8.42. The predicted molar refractivity (Wildman–Crippen MR) is 91.4 cm³/mol. The van der Waals surface area contributed by atoms with E-state index in [9.17, 15) is 19.2 Å². The fraction of sp³-hybridized carbons (Fsp3) is 0.667. The summed E-state index contributed by atoms with van der Waals surface area (Å²) in [5.41, 5.74) is 0.857. The Labute approximate surface area is 157 Å². The van der Waals surface area contributed by atoms with Crippen molar-refractivity contribution in [3.63, 3.8) is 0 Å². The van der Waals surface area contributed by atoms with Crippen molar-refractivity contribution in [1.82, 2.24) is 0 Å². The normalized spacial score (nSPS) is 27.1. The second-order valence-corrected chi connectivity index (χ2v) is 6.41. The number of hydrogen-bond acceptors (Lipinski definition) is 9. The quantitative estimate of drug-likeness (QED) is 0.376. The summed E-state index contributed by atoms with van der Waals surface area (Å²) in [6, 6.07) is 0. The molecule has 9 heteroatoms. The van der Waals surface area contributed by atoms with Crippen molar-refractivity contribution in [1.29, 1.82) is 0 Å². The summed E-state index contributed by atoms with van der Waals surface area (Å²) in [6.45, 7) is 8.19. The minimum absolute atomic E-state index is 0.231. The van der Waals surface area contributed by atoms with Crippen LogP contribution < -0.4 is 0 Å². The lowest BCUT2D eigenvalue weighted by Gasteiger charge is -2.43. The van der Waals surface area contributed by atoms with Gasteiger partial charge in [0, 0.05) is 27.7 Å². The predicted octanol–water partition coefficient (Wildman–Crippen LogP) is 1.08. The molecular formula is C18H26O9. The highest BCUT2D eigenvalue weighted by atomic mass is 16.7. The van der Waals surface area contributed by atoms with Gasteiger partial charge >= 0.3 is 23.9 Å². The number of carbonyl (C=O) groups is 4. The smallest absolute Gasteiger partial charge is 0.303 e. The summed E-state index contributed by atoms with van der Waals surface area (Å²) >= 11 is 0. The van der Waals surface area contributed by atoms with Crippen LogP contribution in [0.15, 0.2) is 11.6 Å². The Hall–Kier alpha value is -2.42. The summed E-state index contributed by atoms with van der Waals surface area (Å²) in [5, 5.41) is 0. The van der Waals surface area contributed by atoms with Crippen LogP contribution in [0, 0.1) is 0 Å². The van der Waals surface area contributed by atoms with E-state index in [0.29, 0.717) is 0 Å². The van der Waals surface area contributed by atoms with E-state index in [4.69, 9.17) is 23.7 Å². The second kappa shape index (κ2) is 10.1. The van der Waals surface area contributed by atoms with Crippen LogP contribution in [-0.4, -0.2) is 61.0 Å². The Balaban J connectivity index is 3.33. The van der Waals surface area contributed by atoms with E-state index in [-0.39, 0.29) is 6.61 Å². The second-order valence-electron chi connectivity index (χ2n) is 6.41. The standard InChI is InChI=1S/C18H26O9/c1-9(2)7-14-16(24-11(4)20)18(26-13(6)22)17(25-12(5)21)15(27-14)8-23-10(3)19/h7,14-18H,8H2,1-6H3/t14-,15-,16+,17+,18-/m1/s1. The third-order valence-electron chi connectivity index (χ3n) is 3.52. The van der Waals surface area contributed by atoms with Crippen molar-refractivity contribution in [2.75, 3.05) is 6.61 Å². The van der Waals surface area contributed by atoms with E-state index in [1.54, 1.807) is 6.08 Å². The maximum absolute atomic E-state index is 11.6. The van der Waals surface area contributed by atoms with Crippen molar-refractivity contribution < 1.29 is 42.9 Å². The van der Waals surface area contributed by atoms with Gasteiger partial charge in [-0.25, -0.2) is 0 Å². The summed E-state index contributed by atoms with van der Waals surface area (Å²) < 4.78 is 26.8. The van der Waals surface area contributed by atoms with Gasteiger partial charge in [0.1, 0.15) is 18.8 Å². The van der Waals surface area contributed by atoms with E-state index in [0.717, 1.165) is 5.57 Å². The lowest BCUT2D eigenvalue weighted by atomic mass is 9.93. The van der Waals surface area contributed by atoms with E-state index in [2.05, 4.69) is 0 Å². The molecule has 27 heavy (non-hydrogen) atoms. The maximum Gasteiger partial charge on any atom is 0.303 e. The van der Waals surface area contributed by atoms with Gasteiger partial charge in [-0.3, -0.25) is 19.2 Å². The molecule has 1 saturated heterocycles. The van der Waals surface area contributed by atoms with Crippen LogP contribution in [0.25, 0.3) is 0 Å². The van der Waals surface area contributed by atoms with Crippen LogP contribution in [0.2, 0.25) is 0 Å². The minimum atomic E-state index is -1.13. The molecule has 0 saturated carbocycles. The number of allylic oxidation sites excluding steroid dienone is 1. The first kappa shape index (κ1) is 22.6. The van der Waals surface area contributed by atoms with Gasteiger partial charge in [0.25, 0.3) is 0 Å². The lowest BCUT2D eigenvalue weighted by molar-refractivity contribution is -0.244. The van der Waals surface area contributed by atoms with Gasteiger partial charge in [-0.2, -0.15) is 0 Å². The fourth-order valence-corrected chi connectivity index (χ4v) is 2.72. The molecule has 9 nitrogen and oxygen atoms in total. The number of carbonyl (C=O) groups excluding carboxylic acids is 4. The van der Waals surface area contributed by atoms with E-state index < -0.39 is 54.4 Å². The number of ether oxygens (including phenoxy) is 5. The van der Waals surface area contributed by atoms with Gasteiger partial charge in [-0.1, -0.05) is 11.6 Å². The van der Waals surface area contributed by atoms with Crippen LogP contribution in [0.4, 0.5) is 0 Å². The van der Waals surface area contributed by atoms with Crippen molar-refractivity contribution in [2.45, 2.75) is 72.1 Å². The van der Waals surface area contributed by atoms with Crippen LogP contribution in [0.1, 0.15) is 41.5 Å². The van der Waals surface area contributed by atoms with Crippen molar-refractivity contribution in [3.8, 4) is 0 Å². The summed E-state index contributed by atoms with van der Waals surface area (Å²) in [4.78, 5) is 46.0. The highest BCUT2D eigenvalue weighted by molar-refractivity contribution is 5.68. The van der Waals surface area contributed by atoms with Gasteiger partial charge < -0.3 is 23.7 Å². The molecule has 0 bridgehead atoms. The highest BCUT2D eigenvalue weighted by Gasteiger charge is 2.51. The molecule has 0 amide bonds. The van der Waals surface area contributed by atoms with Crippen LogP contribution in [-0.2, 0) is 42.9 Å². The number of esters is 4. The molecule has 1 aliphatic rings. The molecule has 1 aliphatic heterocycles. The first-order valence-corrected chi connectivity index (χ1v) is 8.46. The minimum Gasteiger partial charge on any atom is -0.463 e. The zero-order valence-electron chi connectivity index (χ0n) is 16.3. The molecule has 152 valence electrons. The topological polar surface area (TPSA) is 114 Å². The maximum atomic E-state index is 11.6. The summed E-state index contributed by atoms with van der Waals surface area (Å²) in [5.74, 6) is -2.48. The molecule has 0 aromatic rings. The number of rotatable bonds is 6. The fourth-order valence-electron chi connectivity index (χ4n) is 2.72. The van der Waals surface area contributed by atoms with Crippen LogP contribution >= 0.6 is 0 Å². The Morgan fingerprint density at radius 2 is 1.22 bits per heavy atom. The Bertz CT molecular complexity index is 606. The SMILES string of the molecule is CC(=O)OC[C@H]1O[C@H](C=C(C)C)[C@H](OC(C)=O)[C@@H](OC(C)=O)[C@H]1OC(C)=O. The van der Waals surface area contributed by atoms with Gasteiger partial charge in [0.15, 0.2) is 18.3 Å². The summed E-state index contributed by atoms with van der Waals surface area (Å²) in [7, 11) is 0. The monoisotopic (exact) mass is 386 g/mol. The first-order chi connectivity index (χ1) is 12.5. The molecule has 0 aromatic carbocycles. The average molecular weight is 386 g/mol. The van der Waals surface area contributed by atoms with Crippen molar-refractivity contribution >= 4 is 23.9 Å². The molecule has 0 aliphatic carbocycles. The molecule has 5 atom stereocenters. The molecule has 0 aromatic heterocycles. The third-order valence-corrected chi connectivity index (χ3v) is 3.52. The van der Waals surface area contributed by atoms with Crippen molar-refractivity contribution in [2.24, 2.45) is 0 Å². The molecule has 1 heterocycles. The van der Waals surface area contributed by atoms with Gasteiger partial charge in [0.05, 0.1) is 0 Å². The van der Waals surface area contributed by atoms with Crippen LogP contribution in [0.5, 0.6) is 0 Å². The molecule has 0 spiro atoms. The highest BCUT2D eigenvalue weighted by Crippen LogP contribution is 2.30. The Morgan fingerprint density at radius 3 is 1.67 bits per heavy atom. The van der Waals surface area contributed by atoms with Gasteiger partial charge in [-0.05, 0) is 13.8 Å². The zero-order chi connectivity index (χ0) is 20.7. The van der Waals surface area contributed by atoms with E-state index in [1.807, 2.05) is 13.8 Å². The van der Waals surface area contributed by atoms with E-state index >= 15 is 0 Å². The average Bonchev–Trinajstić information content (AvgIpc) is 2.49. The van der Waals surface area contributed by atoms with Crippen LogP contribution in [0.3, 0.4) is 0 Å². The Morgan fingerprint density at radius 1 is 0.741 bits per heavy atom. The summed E-state index contributed by atoms with van der Waals surface area (Å²) in [6.07, 6.45) is -3.33. The molecule has 0 unspecified atom stereocenters. The molecule has 1 rings (SSSR count). The third kappa shape index (κ3) is 7.38.